The van der Waals surface area contributed by atoms with Gasteiger partial charge in [0.2, 0.25) is 5.78 Å². The minimum atomic E-state index is -3.70. The molecule has 0 spiro atoms. The number of amides is 1. The Hall–Kier alpha value is -5.85. The fourth-order valence-electron chi connectivity index (χ4n) is 8.82. The molecule has 15 nitrogen and oxygen atoms in total. The van der Waals surface area contributed by atoms with E-state index in [-0.39, 0.29) is 27.0 Å². The molecule has 0 aromatic heterocycles. The van der Waals surface area contributed by atoms with E-state index in [1.165, 1.54) is 25.1 Å². The molecule has 0 radical (unpaired) electrons. The molecule has 1 saturated carbocycles. The number of anilines is 3. The van der Waals surface area contributed by atoms with E-state index in [2.05, 4.69) is 10.6 Å². The highest BCUT2D eigenvalue weighted by Crippen LogP contribution is 2.56. The van der Waals surface area contributed by atoms with E-state index in [1.54, 1.807) is 55.5 Å². The predicted molar refractivity (Wildman–Crippen MR) is 226 cm³/mol. The minimum Gasteiger partial charge on any atom is -0.508 e. The average Bonchev–Trinajstić information content (AvgIpc) is 3.17. The second-order valence-electron chi connectivity index (χ2n) is 15.6. The molecule has 59 heavy (non-hydrogen) atoms. The number of nitrogens with two attached hydrogens (primary N) is 1. The normalized spacial score (nSPS) is 24.1. The van der Waals surface area contributed by atoms with Crippen molar-refractivity contribution in [3.63, 3.8) is 0 Å². The zero-order valence-electron chi connectivity index (χ0n) is 32.6. The summed E-state index contributed by atoms with van der Waals surface area (Å²) >= 11 is 5.50. The van der Waals surface area contributed by atoms with Crippen LogP contribution in [0, 0.1) is 11.8 Å². The highest BCUT2D eigenvalue weighted by atomic mass is 32.2. The van der Waals surface area contributed by atoms with E-state index < -0.39 is 91.2 Å². The fourth-order valence-corrected chi connectivity index (χ4v) is 10.4. The van der Waals surface area contributed by atoms with Crippen LogP contribution >= 0.6 is 12.2 Å². The smallest absolute Gasteiger partial charge is 0.255 e. The first kappa shape index (κ1) is 41.3. The summed E-state index contributed by atoms with van der Waals surface area (Å²) in [5, 5.41) is 65.6. The van der Waals surface area contributed by atoms with E-state index in [0.29, 0.717) is 16.8 Å². The SMILES string of the molecule is C[C@H]1c2ccc(NC(=S)Nc3ccc(CS(=O)(=O)c4ccc5c(N(C)C)cccc5c4)cc3)c(O)c2C(O)=C2C(=O)[C@]3(O)C(O)=C(C(N)=O)C(=O)[C@@H](N(C)C)[C@@H]3[C@@H](O)[C@@H]21. The van der Waals surface area contributed by atoms with Crippen molar-refractivity contribution in [3.8, 4) is 5.75 Å². The molecule has 4 aromatic rings. The molecule has 0 saturated heterocycles. The number of hydrogen-bond donors (Lipinski definition) is 8. The number of phenols is 1. The van der Waals surface area contributed by atoms with Gasteiger partial charge in [0.05, 0.1) is 40.0 Å². The Labute approximate surface area is 345 Å². The molecular formula is C42H43N5O10S2. The third kappa shape index (κ3) is 6.58. The summed E-state index contributed by atoms with van der Waals surface area (Å²) < 4.78 is 26.8. The number of likely N-dealkylation sites (N-methyl/N-ethyl adjacent to an activating group) is 1. The third-order valence-electron chi connectivity index (χ3n) is 11.6. The number of aromatic hydroxyl groups is 1. The summed E-state index contributed by atoms with van der Waals surface area (Å²) in [6.45, 7) is 1.63. The zero-order chi connectivity index (χ0) is 43.0. The summed E-state index contributed by atoms with van der Waals surface area (Å²) in [5.74, 6) is -10.2. The molecule has 1 amide bonds. The molecule has 3 aliphatic rings. The first-order valence-electron chi connectivity index (χ1n) is 18.5. The van der Waals surface area contributed by atoms with Crippen LogP contribution in [0.3, 0.4) is 0 Å². The Bertz CT molecular complexity index is 2660. The van der Waals surface area contributed by atoms with Gasteiger partial charge >= 0.3 is 0 Å². The number of primary amides is 1. The zero-order valence-corrected chi connectivity index (χ0v) is 34.2. The number of ketones is 2. The first-order valence-corrected chi connectivity index (χ1v) is 20.5. The average molecular weight is 842 g/mol. The van der Waals surface area contributed by atoms with Crippen LogP contribution in [0.25, 0.3) is 16.5 Å². The van der Waals surface area contributed by atoms with Crippen molar-refractivity contribution in [1.29, 1.82) is 0 Å². The number of nitrogens with one attached hydrogen (secondary N) is 2. The van der Waals surface area contributed by atoms with Gasteiger partial charge in [0.1, 0.15) is 22.8 Å². The van der Waals surface area contributed by atoms with Crippen molar-refractivity contribution < 1.29 is 48.3 Å². The van der Waals surface area contributed by atoms with Crippen molar-refractivity contribution in [2.24, 2.45) is 17.6 Å². The molecule has 7 rings (SSSR count). The van der Waals surface area contributed by atoms with E-state index in [9.17, 15) is 48.3 Å². The molecule has 0 heterocycles. The molecule has 9 N–H and O–H groups in total. The van der Waals surface area contributed by atoms with Crippen molar-refractivity contribution in [1.82, 2.24) is 4.90 Å². The van der Waals surface area contributed by atoms with Gasteiger partial charge in [0, 0.05) is 42.3 Å². The van der Waals surface area contributed by atoms with E-state index in [4.69, 9.17) is 18.0 Å². The van der Waals surface area contributed by atoms with Crippen LogP contribution in [0.15, 0.2) is 94.6 Å². The monoisotopic (exact) mass is 841 g/mol. The number of carbonyl (C=O) groups excluding carboxylic acids is 3. The molecule has 308 valence electrons. The molecule has 3 aliphatic carbocycles. The van der Waals surface area contributed by atoms with Gasteiger partial charge in [-0.15, -0.1) is 0 Å². The van der Waals surface area contributed by atoms with Crippen LogP contribution in [0.5, 0.6) is 5.75 Å². The third-order valence-corrected chi connectivity index (χ3v) is 13.5. The molecule has 0 aliphatic heterocycles. The Balaban J connectivity index is 1.12. The molecule has 0 bridgehead atoms. The van der Waals surface area contributed by atoms with Gasteiger partial charge in [-0.1, -0.05) is 43.3 Å². The lowest BCUT2D eigenvalue weighted by Crippen LogP contribution is -2.70. The van der Waals surface area contributed by atoms with E-state index in [1.807, 2.05) is 37.2 Å². The van der Waals surface area contributed by atoms with Crippen molar-refractivity contribution in [2.75, 3.05) is 43.7 Å². The van der Waals surface area contributed by atoms with Crippen LogP contribution in [-0.4, -0.2) is 107 Å². The Morgan fingerprint density at radius 3 is 2.25 bits per heavy atom. The lowest BCUT2D eigenvalue weighted by atomic mass is 9.54. The number of nitrogens with zero attached hydrogens (tertiary/aromatic N) is 2. The fraction of sp³-hybridized carbons (Fsp3) is 0.286. The van der Waals surface area contributed by atoms with Gasteiger partial charge in [0.15, 0.2) is 26.3 Å². The Morgan fingerprint density at radius 1 is 0.949 bits per heavy atom. The number of aliphatic hydroxyl groups is 4. The van der Waals surface area contributed by atoms with Crippen LogP contribution in [0.1, 0.15) is 29.5 Å². The number of phenolic OH excluding ortho intramolecular Hbond substituents is 1. The van der Waals surface area contributed by atoms with Crippen LogP contribution < -0.4 is 21.3 Å². The van der Waals surface area contributed by atoms with E-state index in [0.717, 1.165) is 16.5 Å². The van der Waals surface area contributed by atoms with Crippen LogP contribution in [-0.2, 0) is 30.0 Å². The number of hydrogen-bond acceptors (Lipinski definition) is 13. The van der Waals surface area contributed by atoms with Crippen LogP contribution in [0.4, 0.5) is 17.1 Å². The first-order chi connectivity index (χ1) is 27.7. The maximum Gasteiger partial charge on any atom is 0.255 e. The van der Waals surface area contributed by atoms with Crippen molar-refractivity contribution in [2.45, 2.75) is 41.2 Å². The number of fused-ring (bicyclic) bond motifs is 4. The van der Waals surface area contributed by atoms with Gasteiger partial charge < -0.3 is 46.8 Å². The predicted octanol–water partition coefficient (Wildman–Crippen LogP) is 3.50. The number of carbonyl (C=O) groups is 3. The van der Waals surface area contributed by atoms with Gasteiger partial charge in [-0.05, 0) is 85.1 Å². The second kappa shape index (κ2) is 14.8. The molecule has 6 atom stereocenters. The summed E-state index contributed by atoms with van der Waals surface area (Å²) in [6, 6.07) is 18.9. The molecular weight excluding hydrogens is 799 g/mol. The highest BCUT2D eigenvalue weighted by molar-refractivity contribution is 7.90. The number of aliphatic hydroxyl groups excluding tert-OH is 3. The van der Waals surface area contributed by atoms with Gasteiger partial charge in [-0.2, -0.15) is 0 Å². The standard InChI is InChI=1S/C42H43N5O10S2/c1-19-24-15-16-26(34(48)29(24)35(49)30-28(19)36(50)32-33(47(4)5)37(51)31(40(43)54)39(53)42(32,55)38(30)52)45-41(58)44-22-11-9-20(10-12-22)18-59(56,57)23-13-14-25-21(17-23)7-6-8-27(25)46(2)3/h6-17,19,28,32-33,36,48-50,53,55H,18H2,1-5H3,(H2,43,54)(H2,44,45,58)/t19-,28+,32+,33-,36-,42-/m0/s1. The summed E-state index contributed by atoms with van der Waals surface area (Å²) in [4.78, 5) is 43.5. The van der Waals surface area contributed by atoms with Gasteiger partial charge in [-0.3, -0.25) is 19.3 Å². The van der Waals surface area contributed by atoms with Crippen molar-refractivity contribution >= 4 is 78.2 Å². The lowest BCUT2D eigenvalue weighted by molar-refractivity contribution is -0.169. The number of thiocarbonyl (C=S) groups is 1. The summed E-state index contributed by atoms with van der Waals surface area (Å²) in [7, 11) is 3.02. The largest absolute Gasteiger partial charge is 0.508 e. The van der Waals surface area contributed by atoms with Gasteiger partial charge in [-0.25, -0.2) is 8.42 Å². The van der Waals surface area contributed by atoms with Gasteiger partial charge in [0.25, 0.3) is 5.91 Å². The minimum absolute atomic E-state index is 0.000264. The molecule has 4 aromatic carbocycles. The maximum absolute atomic E-state index is 14.3. The lowest BCUT2D eigenvalue weighted by Gasteiger charge is -2.53. The Morgan fingerprint density at radius 2 is 1.63 bits per heavy atom. The topological polar surface area (TPSA) is 243 Å². The molecule has 17 heteroatoms. The van der Waals surface area contributed by atoms with Crippen molar-refractivity contribution in [3.05, 3.63) is 106 Å². The number of Topliss-reactive ketones (excluding diaryl/α,β-unsaturated/α-hetero) is 2. The number of benzene rings is 4. The highest BCUT2D eigenvalue weighted by Gasteiger charge is 2.68. The molecule has 1 fully saturated rings. The van der Waals surface area contributed by atoms with Crippen LogP contribution in [0.2, 0.25) is 0 Å². The van der Waals surface area contributed by atoms with E-state index >= 15 is 0 Å². The maximum atomic E-state index is 14.3. The second-order valence-corrected chi connectivity index (χ2v) is 18.0. The summed E-state index contributed by atoms with van der Waals surface area (Å²) in [5.41, 5.74) is 2.95. The molecule has 0 unspecified atom stereocenters. The summed E-state index contributed by atoms with van der Waals surface area (Å²) in [6.07, 6.45) is -1.72. The number of rotatable bonds is 8. The Kier molecular flexibility index (Phi) is 10.3. The quantitative estimate of drug-likeness (QED) is 0.0720. The number of sulfone groups is 1.